The molecule has 1 aromatic rings. The van der Waals surface area contributed by atoms with Crippen LogP contribution in [0.25, 0.3) is 6.08 Å². The van der Waals surface area contributed by atoms with E-state index in [9.17, 15) is 13.2 Å². The first kappa shape index (κ1) is 12.6. The minimum absolute atomic E-state index is 0.0237. The predicted octanol–water partition coefficient (Wildman–Crippen LogP) is 1.22. The number of likely N-dealkylation sites (N-methyl/N-ethyl adjacent to an activating group) is 1. The Morgan fingerprint density at radius 1 is 1.33 bits per heavy atom. The van der Waals surface area contributed by atoms with Gasteiger partial charge in [0.15, 0.2) is 0 Å². The summed E-state index contributed by atoms with van der Waals surface area (Å²) >= 11 is 0. The summed E-state index contributed by atoms with van der Waals surface area (Å²) in [5.41, 5.74) is 0.522. The van der Waals surface area contributed by atoms with Gasteiger partial charge in [-0.3, -0.25) is 4.31 Å². The number of nitrogens with zero attached hydrogens (tertiary/aromatic N) is 1. The van der Waals surface area contributed by atoms with Gasteiger partial charge in [-0.05, 0) is 24.6 Å². The molecule has 0 spiro atoms. The second-order valence-electron chi connectivity index (χ2n) is 3.76. The monoisotopic (exact) mass is 267 g/mol. The van der Waals surface area contributed by atoms with E-state index in [-0.39, 0.29) is 17.2 Å². The second kappa shape index (κ2) is 4.45. The number of sulfonamides is 1. The lowest BCUT2D eigenvalue weighted by molar-refractivity contribution is -0.139. The van der Waals surface area contributed by atoms with Crippen LogP contribution in [-0.4, -0.2) is 32.3 Å². The van der Waals surface area contributed by atoms with E-state index < -0.39 is 16.0 Å². The molecule has 96 valence electrons. The van der Waals surface area contributed by atoms with E-state index in [0.29, 0.717) is 5.56 Å². The maximum Gasteiger partial charge on any atom is 0.355 e. The van der Waals surface area contributed by atoms with Crippen molar-refractivity contribution in [1.29, 1.82) is 0 Å². The minimum atomic E-state index is -3.67. The van der Waals surface area contributed by atoms with E-state index in [1.165, 1.54) is 19.2 Å². The fourth-order valence-corrected chi connectivity index (χ4v) is 3.10. The van der Waals surface area contributed by atoms with Crippen molar-refractivity contribution in [2.45, 2.75) is 11.8 Å². The normalized spacial score (nSPS) is 16.8. The number of rotatable bonds is 2. The molecule has 0 N–H and O–H groups in total. The van der Waals surface area contributed by atoms with E-state index in [2.05, 4.69) is 0 Å². The summed E-state index contributed by atoms with van der Waals surface area (Å²) in [4.78, 5) is 11.9. The first-order valence-electron chi connectivity index (χ1n) is 5.45. The van der Waals surface area contributed by atoms with E-state index in [1.807, 2.05) is 0 Å². The van der Waals surface area contributed by atoms with Crippen LogP contribution in [0.4, 0.5) is 0 Å². The number of hydrogen-bond donors (Lipinski definition) is 0. The lowest BCUT2D eigenvalue weighted by Crippen LogP contribution is -2.33. The van der Waals surface area contributed by atoms with Gasteiger partial charge in [-0.15, -0.1) is 0 Å². The van der Waals surface area contributed by atoms with Crippen molar-refractivity contribution >= 4 is 22.1 Å². The number of ether oxygens (including phenoxy) is 1. The Kier molecular flexibility index (Phi) is 3.13. The molecule has 0 aliphatic carbocycles. The molecule has 0 amide bonds. The molecular weight excluding hydrogens is 254 g/mol. The zero-order chi connectivity index (χ0) is 13.3. The van der Waals surface area contributed by atoms with Crippen molar-refractivity contribution in [3.8, 4) is 0 Å². The Morgan fingerprint density at radius 2 is 2.00 bits per heavy atom. The van der Waals surface area contributed by atoms with Crippen LogP contribution >= 0.6 is 0 Å². The van der Waals surface area contributed by atoms with Crippen LogP contribution in [0.2, 0.25) is 0 Å². The van der Waals surface area contributed by atoms with Crippen LogP contribution in [0.1, 0.15) is 12.5 Å². The molecule has 5 nitrogen and oxygen atoms in total. The Hall–Kier alpha value is -1.82. The Balaban J connectivity index is 2.59. The average Bonchev–Trinajstić information content (AvgIpc) is 2.34. The molecule has 1 heterocycles. The lowest BCUT2D eigenvalue weighted by atomic mass is 10.2. The van der Waals surface area contributed by atoms with Crippen molar-refractivity contribution in [2.75, 3.05) is 13.7 Å². The molecule has 6 heteroatoms. The number of fused-ring (bicyclic) bond motifs is 1. The van der Waals surface area contributed by atoms with Crippen molar-refractivity contribution < 1.29 is 17.9 Å². The Bertz CT molecular complexity index is 619. The zero-order valence-electron chi connectivity index (χ0n) is 10.1. The van der Waals surface area contributed by atoms with Crippen molar-refractivity contribution in [3.63, 3.8) is 0 Å². The van der Waals surface area contributed by atoms with Crippen LogP contribution in [0, 0.1) is 0 Å². The van der Waals surface area contributed by atoms with Crippen molar-refractivity contribution in [3.05, 3.63) is 35.5 Å². The maximum absolute atomic E-state index is 12.2. The van der Waals surface area contributed by atoms with Gasteiger partial charge in [-0.2, -0.15) is 0 Å². The molecule has 2 rings (SSSR count). The molecule has 0 saturated carbocycles. The lowest BCUT2D eigenvalue weighted by Gasteiger charge is -2.26. The topological polar surface area (TPSA) is 63.7 Å². The predicted molar refractivity (Wildman–Crippen MR) is 66.0 cm³/mol. The molecule has 1 aromatic carbocycles. The molecule has 1 aliphatic rings. The molecule has 0 saturated heterocycles. The number of carbonyl (C=O) groups is 1. The standard InChI is InChI=1S/C12H13NO4S/c1-3-17-12(14)10-8-9-6-4-5-7-11(9)18(15,16)13(10)2/h4-8H,3H2,1-2H3. The SMILES string of the molecule is CCOC(=O)C1=Cc2ccccc2S(=O)(=O)N1C. The van der Waals surface area contributed by atoms with Crippen LogP contribution in [0.5, 0.6) is 0 Å². The fraction of sp³-hybridized carbons (Fsp3) is 0.250. The maximum atomic E-state index is 12.2. The van der Waals surface area contributed by atoms with Crippen LogP contribution < -0.4 is 0 Å². The third-order valence-corrected chi connectivity index (χ3v) is 4.52. The van der Waals surface area contributed by atoms with Crippen LogP contribution in [0.3, 0.4) is 0 Å². The molecule has 0 fully saturated rings. The van der Waals surface area contributed by atoms with E-state index in [0.717, 1.165) is 4.31 Å². The molecule has 1 aliphatic heterocycles. The highest BCUT2D eigenvalue weighted by Gasteiger charge is 2.33. The number of hydrogen-bond acceptors (Lipinski definition) is 4. The molecule has 0 aromatic heterocycles. The molecular formula is C12H13NO4S. The Morgan fingerprint density at radius 3 is 2.67 bits per heavy atom. The van der Waals surface area contributed by atoms with Gasteiger partial charge in [0, 0.05) is 7.05 Å². The molecule has 0 bridgehead atoms. The van der Waals surface area contributed by atoms with Crippen molar-refractivity contribution in [2.24, 2.45) is 0 Å². The van der Waals surface area contributed by atoms with E-state index >= 15 is 0 Å². The summed E-state index contributed by atoms with van der Waals surface area (Å²) in [6, 6.07) is 6.53. The summed E-state index contributed by atoms with van der Waals surface area (Å²) in [5.74, 6) is -0.641. The number of carbonyl (C=O) groups excluding carboxylic acids is 1. The summed E-state index contributed by atoms with van der Waals surface area (Å²) in [7, 11) is -2.33. The van der Waals surface area contributed by atoms with Crippen molar-refractivity contribution in [1.82, 2.24) is 4.31 Å². The van der Waals surface area contributed by atoms with E-state index in [4.69, 9.17) is 4.74 Å². The van der Waals surface area contributed by atoms with Gasteiger partial charge in [0.25, 0.3) is 10.0 Å². The van der Waals surface area contributed by atoms with Gasteiger partial charge in [-0.25, -0.2) is 13.2 Å². The second-order valence-corrected chi connectivity index (χ2v) is 5.70. The smallest absolute Gasteiger partial charge is 0.355 e. The third-order valence-electron chi connectivity index (χ3n) is 2.67. The van der Waals surface area contributed by atoms with Gasteiger partial charge in [0.1, 0.15) is 5.70 Å². The summed E-state index contributed by atoms with van der Waals surface area (Å²) in [5, 5.41) is 0. The summed E-state index contributed by atoms with van der Waals surface area (Å²) in [6.45, 7) is 1.87. The summed E-state index contributed by atoms with van der Waals surface area (Å²) in [6.07, 6.45) is 1.52. The minimum Gasteiger partial charge on any atom is -0.461 e. The van der Waals surface area contributed by atoms with E-state index in [1.54, 1.807) is 25.1 Å². The highest BCUT2D eigenvalue weighted by molar-refractivity contribution is 7.89. The highest BCUT2D eigenvalue weighted by Crippen LogP contribution is 2.30. The number of esters is 1. The van der Waals surface area contributed by atoms with Crippen LogP contribution in [0.15, 0.2) is 34.9 Å². The summed E-state index contributed by atoms with van der Waals surface area (Å²) < 4.78 is 30.2. The zero-order valence-corrected chi connectivity index (χ0v) is 10.9. The quantitative estimate of drug-likeness (QED) is 0.756. The van der Waals surface area contributed by atoms with Gasteiger partial charge < -0.3 is 4.74 Å². The van der Waals surface area contributed by atoms with Gasteiger partial charge >= 0.3 is 5.97 Å². The third kappa shape index (κ3) is 1.88. The van der Waals surface area contributed by atoms with Gasteiger partial charge in [-0.1, -0.05) is 18.2 Å². The molecule has 0 unspecified atom stereocenters. The Labute approximate surface area is 106 Å². The average molecular weight is 267 g/mol. The highest BCUT2D eigenvalue weighted by atomic mass is 32.2. The molecule has 0 radical (unpaired) electrons. The largest absolute Gasteiger partial charge is 0.461 e. The van der Waals surface area contributed by atoms with Gasteiger partial charge in [0.05, 0.1) is 11.5 Å². The van der Waals surface area contributed by atoms with Gasteiger partial charge in [0.2, 0.25) is 0 Å². The first-order chi connectivity index (χ1) is 8.48. The number of benzene rings is 1. The molecule has 18 heavy (non-hydrogen) atoms. The van der Waals surface area contributed by atoms with Crippen LogP contribution in [-0.2, 0) is 19.6 Å². The fourth-order valence-electron chi connectivity index (χ4n) is 1.74. The molecule has 0 atom stereocenters. The first-order valence-corrected chi connectivity index (χ1v) is 6.89.